The lowest BCUT2D eigenvalue weighted by Gasteiger charge is -2.35. The van der Waals surface area contributed by atoms with Crippen LogP contribution in [0.3, 0.4) is 0 Å². The van der Waals surface area contributed by atoms with Crippen LogP contribution in [0.4, 0.5) is 5.82 Å². The molecule has 2 aromatic rings. The summed E-state index contributed by atoms with van der Waals surface area (Å²) >= 11 is 0. The minimum absolute atomic E-state index is 0.0818. The fourth-order valence-corrected chi connectivity index (χ4v) is 2.48. The normalized spacial score (nSPS) is 19.3. The lowest BCUT2D eigenvalue weighted by Crippen LogP contribution is -2.40. The van der Waals surface area contributed by atoms with Crippen LogP contribution in [0.15, 0.2) is 28.8 Å². The van der Waals surface area contributed by atoms with Gasteiger partial charge in [-0.15, -0.1) is 0 Å². The highest BCUT2D eigenvalue weighted by Gasteiger charge is 2.28. The topological polar surface area (TPSA) is 51.4 Å². The van der Waals surface area contributed by atoms with E-state index in [1.807, 2.05) is 25.1 Å². The molecule has 0 amide bonds. The Labute approximate surface area is 118 Å². The Hall–Kier alpha value is -1.88. The van der Waals surface area contributed by atoms with E-state index in [0.717, 1.165) is 36.1 Å². The zero-order chi connectivity index (χ0) is 13.9. The van der Waals surface area contributed by atoms with Crippen LogP contribution in [0.1, 0.15) is 30.3 Å². The molecule has 106 valence electrons. The Bertz CT molecular complexity index is 582. The number of hydrogen-bond donors (Lipinski definition) is 0. The average molecular weight is 273 g/mol. The molecule has 0 radical (unpaired) electrons. The van der Waals surface area contributed by atoms with E-state index in [2.05, 4.69) is 21.8 Å². The number of nitrogens with zero attached hydrogens (tertiary/aromatic N) is 3. The van der Waals surface area contributed by atoms with Crippen molar-refractivity contribution in [1.82, 2.24) is 9.97 Å². The number of ether oxygens (including phenoxy) is 1. The fourth-order valence-electron chi connectivity index (χ4n) is 2.48. The summed E-state index contributed by atoms with van der Waals surface area (Å²) in [6.45, 7) is 6.14. The number of morpholine rings is 1. The highest BCUT2D eigenvalue weighted by Crippen LogP contribution is 2.29. The number of hydrogen-bond acceptors (Lipinski definition) is 5. The predicted octanol–water partition coefficient (Wildman–Crippen LogP) is 2.52. The van der Waals surface area contributed by atoms with Crippen molar-refractivity contribution < 1.29 is 9.15 Å². The summed E-state index contributed by atoms with van der Waals surface area (Å²) in [5, 5.41) is 0. The summed E-state index contributed by atoms with van der Waals surface area (Å²) in [4.78, 5) is 10.9. The van der Waals surface area contributed by atoms with Gasteiger partial charge >= 0.3 is 0 Å². The van der Waals surface area contributed by atoms with Gasteiger partial charge in [0.1, 0.15) is 29.2 Å². The molecule has 20 heavy (non-hydrogen) atoms. The molecule has 0 aromatic carbocycles. The third-order valence-corrected chi connectivity index (χ3v) is 3.54. The van der Waals surface area contributed by atoms with Crippen molar-refractivity contribution in [2.45, 2.75) is 26.3 Å². The fraction of sp³-hybridized carbons (Fsp3) is 0.467. The molecule has 0 spiro atoms. The molecule has 0 N–H and O–H groups in total. The first kappa shape index (κ1) is 13.1. The number of aryl methyl sites for hydroxylation is 2. The third-order valence-electron chi connectivity index (χ3n) is 3.54. The molecule has 1 fully saturated rings. The molecule has 3 rings (SSSR count). The van der Waals surface area contributed by atoms with E-state index < -0.39 is 0 Å². The third kappa shape index (κ3) is 2.54. The second kappa shape index (κ2) is 5.63. The van der Waals surface area contributed by atoms with Crippen molar-refractivity contribution >= 4 is 5.82 Å². The van der Waals surface area contributed by atoms with Gasteiger partial charge in [-0.25, -0.2) is 9.97 Å². The van der Waals surface area contributed by atoms with Crippen molar-refractivity contribution in [1.29, 1.82) is 0 Å². The van der Waals surface area contributed by atoms with E-state index in [1.165, 1.54) is 0 Å². The van der Waals surface area contributed by atoms with E-state index in [9.17, 15) is 0 Å². The Kier molecular flexibility index (Phi) is 3.69. The van der Waals surface area contributed by atoms with Crippen LogP contribution in [0.2, 0.25) is 0 Å². The van der Waals surface area contributed by atoms with E-state index >= 15 is 0 Å². The molecule has 1 saturated heterocycles. The Balaban J connectivity index is 1.90. The van der Waals surface area contributed by atoms with Gasteiger partial charge in [0.15, 0.2) is 0 Å². The quantitative estimate of drug-likeness (QED) is 0.860. The zero-order valence-corrected chi connectivity index (χ0v) is 11.9. The molecule has 5 heteroatoms. The van der Waals surface area contributed by atoms with Crippen LogP contribution in [0.5, 0.6) is 0 Å². The van der Waals surface area contributed by atoms with Crippen LogP contribution in [0.25, 0.3) is 0 Å². The number of aromatic nitrogens is 2. The van der Waals surface area contributed by atoms with E-state index in [1.54, 1.807) is 6.20 Å². The molecule has 2 aromatic heterocycles. The summed E-state index contributed by atoms with van der Waals surface area (Å²) in [6.07, 6.45) is 2.70. The minimum Gasteiger partial charge on any atom is -0.464 e. The second-order valence-corrected chi connectivity index (χ2v) is 4.90. The van der Waals surface area contributed by atoms with Crippen molar-refractivity contribution in [3.63, 3.8) is 0 Å². The Morgan fingerprint density at radius 3 is 3.00 bits per heavy atom. The smallest absolute Gasteiger partial charge is 0.133 e. The summed E-state index contributed by atoms with van der Waals surface area (Å²) in [5.74, 6) is 3.66. The lowest BCUT2D eigenvalue weighted by atomic mass is 10.1. The molecule has 3 heterocycles. The monoisotopic (exact) mass is 273 g/mol. The number of anilines is 1. The lowest BCUT2D eigenvalue weighted by molar-refractivity contribution is 0.0869. The predicted molar refractivity (Wildman–Crippen MR) is 75.8 cm³/mol. The summed E-state index contributed by atoms with van der Waals surface area (Å²) < 4.78 is 11.5. The first-order valence-corrected chi connectivity index (χ1v) is 7.00. The molecule has 1 atom stereocenters. The highest BCUT2D eigenvalue weighted by atomic mass is 16.5. The molecule has 1 unspecified atom stereocenters. The molecule has 0 bridgehead atoms. The summed E-state index contributed by atoms with van der Waals surface area (Å²) in [6, 6.07) is 6.10. The number of furan rings is 1. The second-order valence-electron chi connectivity index (χ2n) is 4.90. The number of rotatable bonds is 3. The van der Waals surface area contributed by atoms with Crippen molar-refractivity contribution in [2.24, 2.45) is 0 Å². The maximum absolute atomic E-state index is 5.89. The Morgan fingerprint density at radius 1 is 1.35 bits per heavy atom. The van der Waals surface area contributed by atoms with Crippen LogP contribution >= 0.6 is 0 Å². The molecule has 5 nitrogen and oxygen atoms in total. The molecule has 0 aliphatic carbocycles. The molecular weight excluding hydrogens is 254 g/mol. The molecule has 1 aliphatic heterocycles. The van der Waals surface area contributed by atoms with E-state index in [4.69, 9.17) is 9.15 Å². The van der Waals surface area contributed by atoms with Gasteiger partial charge in [0.25, 0.3) is 0 Å². The van der Waals surface area contributed by atoms with Crippen LogP contribution in [0, 0.1) is 6.92 Å². The van der Waals surface area contributed by atoms with Gasteiger partial charge in [0.05, 0.1) is 13.2 Å². The van der Waals surface area contributed by atoms with Gasteiger partial charge in [0, 0.05) is 19.2 Å². The van der Waals surface area contributed by atoms with Crippen LogP contribution < -0.4 is 4.90 Å². The molecule has 1 aliphatic rings. The molecule has 0 saturated carbocycles. The van der Waals surface area contributed by atoms with Gasteiger partial charge in [-0.1, -0.05) is 6.92 Å². The summed E-state index contributed by atoms with van der Waals surface area (Å²) in [5.41, 5.74) is 0. The SMILES string of the molecule is CCc1ccc(C2COCCN2c2ccnc(C)n2)o1. The molecular formula is C15H19N3O2. The highest BCUT2D eigenvalue weighted by molar-refractivity contribution is 5.41. The van der Waals surface area contributed by atoms with Gasteiger partial charge in [-0.3, -0.25) is 0 Å². The van der Waals surface area contributed by atoms with Gasteiger partial charge in [0.2, 0.25) is 0 Å². The standard InChI is InChI=1S/C15H19N3O2/c1-3-12-4-5-14(20-12)13-10-19-9-8-18(13)15-6-7-16-11(2)17-15/h4-7,13H,3,8-10H2,1-2H3. The van der Waals surface area contributed by atoms with Gasteiger partial charge < -0.3 is 14.1 Å². The summed E-state index contributed by atoms with van der Waals surface area (Å²) in [7, 11) is 0. The van der Waals surface area contributed by atoms with E-state index in [0.29, 0.717) is 13.2 Å². The van der Waals surface area contributed by atoms with Crippen LogP contribution in [-0.2, 0) is 11.2 Å². The minimum atomic E-state index is 0.0818. The zero-order valence-electron chi connectivity index (χ0n) is 11.9. The van der Waals surface area contributed by atoms with Crippen molar-refractivity contribution in [3.05, 3.63) is 41.7 Å². The first-order valence-electron chi connectivity index (χ1n) is 7.00. The Morgan fingerprint density at radius 2 is 2.25 bits per heavy atom. The first-order chi connectivity index (χ1) is 9.78. The van der Waals surface area contributed by atoms with E-state index in [-0.39, 0.29) is 6.04 Å². The van der Waals surface area contributed by atoms with Crippen molar-refractivity contribution in [2.75, 3.05) is 24.7 Å². The van der Waals surface area contributed by atoms with Gasteiger partial charge in [-0.2, -0.15) is 0 Å². The largest absolute Gasteiger partial charge is 0.464 e. The van der Waals surface area contributed by atoms with Crippen molar-refractivity contribution in [3.8, 4) is 0 Å². The average Bonchev–Trinajstić information content (AvgIpc) is 2.96. The maximum Gasteiger partial charge on any atom is 0.133 e. The maximum atomic E-state index is 5.89. The van der Waals surface area contributed by atoms with Gasteiger partial charge in [-0.05, 0) is 25.1 Å². The van der Waals surface area contributed by atoms with Crippen LogP contribution in [-0.4, -0.2) is 29.7 Å².